The van der Waals surface area contributed by atoms with Crippen molar-refractivity contribution in [3.05, 3.63) is 39.6 Å². The van der Waals surface area contributed by atoms with Crippen LogP contribution in [0.1, 0.15) is 24.6 Å². The summed E-state index contributed by atoms with van der Waals surface area (Å²) in [6, 6.07) is 5.05. The van der Waals surface area contributed by atoms with E-state index in [0.717, 1.165) is 10.6 Å². The van der Waals surface area contributed by atoms with Crippen LogP contribution in [-0.2, 0) is 16.1 Å². The average molecular weight is 398 g/mol. The molecule has 1 aromatic carbocycles. The number of carbonyl (C=O) groups excluding carboxylic acids is 1. The number of aromatic nitrogens is 1. The number of thiazole rings is 1. The summed E-state index contributed by atoms with van der Waals surface area (Å²) in [6.45, 7) is 4.05. The molecular weight excluding hydrogens is 377 g/mol. The number of anilines is 2. The summed E-state index contributed by atoms with van der Waals surface area (Å²) < 4.78 is 20.0. The van der Waals surface area contributed by atoms with Gasteiger partial charge in [0.25, 0.3) is 0 Å². The van der Waals surface area contributed by atoms with Gasteiger partial charge in [-0.25, -0.2) is 9.37 Å². The Morgan fingerprint density at radius 2 is 2.23 bits per heavy atom. The summed E-state index contributed by atoms with van der Waals surface area (Å²) in [5.41, 5.74) is 1.27. The molecule has 8 heteroatoms. The topological polar surface area (TPSA) is 54.5 Å². The van der Waals surface area contributed by atoms with Crippen molar-refractivity contribution in [3.8, 4) is 0 Å². The first-order chi connectivity index (χ1) is 12.6. The van der Waals surface area contributed by atoms with E-state index in [9.17, 15) is 9.18 Å². The first-order valence-electron chi connectivity index (χ1n) is 8.62. The van der Waals surface area contributed by atoms with Crippen molar-refractivity contribution in [1.29, 1.82) is 0 Å². The van der Waals surface area contributed by atoms with Crippen LogP contribution in [0.4, 0.5) is 15.8 Å². The van der Waals surface area contributed by atoms with E-state index in [1.54, 1.807) is 12.3 Å². The van der Waals surface area contributed by atoms with Crippen molar-refractivity contribution < 1.29 is 13.9 Å². The monoisotopic (exact) mass is 397 g/mol. The fourth-order valence-electron chi connectivity index (χ4n) is 3.11. The van der Waals surface area contributed by atoms with Crippen molar-refractivity contribution in [1.82, 2.24) is 4.98 Å². The number of hydrogen-bond acceptors (Lipinski definition) is 6. The maximum absolute atomic E-state index is 14.4. The normalized spacial score (nSPS) is 15.1. The molecule has 1 N–H and O–H groups in total. The summed E-state index contributed by atoms with van der Waals surface area (Å²) in [4.78, 5) is 18.9. The molecule has 2 heterocycles. The molecule has 1 fully saturated rings. The average Bonchev–Trinajstić information content (AvgIpc) is 3.06. The number of benzene rings is 1. The zero-order chi connectivity index (χ0) is 18.5. The van der Waals surface area contributed by atoms with Crippen LogP contribution in [-0.4, -0.2) is 30.6 Å². The number of hydrogen-bond donors (Lipinski definition) is 1. The number of carbonyl (C=O) groups is 1. The molecular formula is C18H21ClFN3O2S. The van der Waals surface area contributed by atoms with Gasteiger partial charge < -0.3 is 15.0 Å². The Morgan fingerprint density at radius 3 is 2.88 bits per heavy atom. The first-order valence-corrected chi connectivity index (χ1v) is 9.82. The molecule has 1 saturated heterocycles. The Hall–Kier alpha value is -1.86. The third kappa shape index (κ3) is 4.45. The van der Waals surface area contributed by atoms with Gasteiger partial charge in [0.1, 0.15) is 5.82 Å². The standard InChI is InChI=1S/C18H21ClFN3O2S/c1-2-25-17(24)12-6-8-23(9-7-12)15-5-3-4-14(20)16(15)21-10-13-11-22-18(19)26-13/h3-5,11-12,21H,2,6-10H2,1H3. The van der Waals surface area contributed by atoms with Crippen LogP contribution >= 0.6 is 22.9 Å². The number of ether oxygens (including phenoxy) is 1. The van der Waals surface area contributed by atoms with Crippen molar-refractivity contribution in [2.45, 2.75) is 26.3 Å². The molecule has 1 aliphatic heterocycles. The Bertz CT molecular complexity index is 763. The molecule has 0 aliphatic carbocycles. The lowest BCUT2D eigenvalue weighted by Crippen LogP contribution is -2.37. The second-order valence-electron chi connectivity index (χ2n) is 6.08. The van der Waals surface area contributed by atoms with Gasteiger partial charge in [-0.3, -0.25) is 4.79 Å². The van der Waals surface area contributed by atoms with Gasteiger partial charge in [0.2, 0.25) is 0 Å². The zero-order valence-electron chi connectivity index (χ0n) is 14.5. The Morgan fingerprint density at radius 1 is 1.46 bits per heavy atom. The van der Waals surface area contributed by atoms with Gasteiger partial charge in [0, 0.05) is 24.2 Å². The molecule has 0 unspecified atom stereocenters. The zero-order valence-corrected chi connectivity index (χ0v) is 16.1. The van der Waals surface area contributed by atoms with Gasteiger partial charge in [-0.1, -0.05) is 17.7 Å². The number of rotatable bonds is 6. The van der Waals surface area contributed by atoms with E-state index >= 15 is 0 Å². The van der Waals surface area contributed by atoms with Gasteiger partial charge in [-0.2, -0.15) is 0 Å². The molecule has 140 valence electrons. The van der Waals surface area contributed by atoms with Gasteiger partial charge in [0.05, 0.1) is 30.4 Å². The van der Waals surface area contributed by atoms with E-state index in [0.29, 0.717) is 49.2 Å². The molecule has 0 radical (unpaired) electrons. The quantitative estimate of drug-likeness (QED) is 0.735. The highest BCUT2D eigenvalue weighted by Crippen LogP contribution is 2.33. The maximum atomic E-state index is 14.4. The van der Waals surface area contributed by atoms with Gasteiger partial charge >= 0.3 is 5.97 Å². The molecule has 3 rings (SSSR count). The molecule has 5 nitrogen and oxygen atoms in total. The summed E-state index contributed by atoms with van der Waals surface area (Å²) in [7, 11) is 0. The Labute approximate surface area is 161 Å². The fourth-order valence-corrected chi connectivity index (χ4v) is 4.03. The van der Waals surface area contributed by atoms with Crippen molar-refractivity contribution in [3.63, 3.8) is 0 Å². The molecule has 0 saturated carbocycles. The van der Waals surface area contributed by atoms with E-state index in [1.165, 1.54) is 17.4 Å². The molecule has 0 atom stereocenters. The minimum Gasteiger partial charge on any atom is -0.466 e. The number of nitrogens with zero attached hydrogens (tertiary/aromatic N) is 2. The van der Waals surface area contributed by atoms with E-state index in [4.69, 9.17) is 16.3 Å². The summed E-state index contributed by atoms with van der Waals surface area (Å²) in [6.07, 6.45) is 3.10. The smallest absolute Gasteiger partial charge is 0.309 e. The van der Waals surface area contributed by atoms with Crippen LogP contribution in [0.2, 0.25) is 4.47 Å². The third-order valence-corrected chi connectivity index (χ3v) is 5.53. The van der Waals surface area contributed by atoms with Crippen LogP contribution < -0.4 is 10.2 Å². The molecule has 26 heavy (non-hydrogen) atoms. The molecule has 1 aliphatic rings. The van der Waals surface area contributed by atoms with Crippen LogP contribution in [0.15, 0.2) is 24.4 Å². The highest BCUT2D eigenvalue weighted by atomic mass is 35.5. The lowest BCUT2D eigenvalue weighted by molar-refractivity contribution is -0.148. The number of para-hydroxylation sites is 1. The van der Waals surface area contributed by atoms with Crippen molar-refractivity contribution in [2.24, 2.45) is 5.92 Å². The Balaban J connectivity index is 1.68. The SMILES string of the molecule is CCOC(=O)C1CCN(c2cccc(F)c2NCc2cnc(Cl)s2)CC1. The highest BCUT2D eigenvalue weighted by Gasteiger charge is 2.27. The second kappa shape index (κ2) is 8.68. The number of piperidine rings is 1. The Kier molecular flexibility index (Phi) is 6.32. The lowest BCUT2D eigenvalue weighted by Gasteiger charge is -2.34. The van der Waals surface area contributed by atoms with E-state index in [-0.39, 0.29) is 17.7 Å². The summed E-state index contributed by atoms with van der Waals surface area (Å²) in [5.74, 6) is -0.507. The van der Waals surface area contributed by atoms with Crippen molar-refractivity contribution >= 4 is 40.3 Å². The van der Waals surface area contributed by atoms with Crippen molar-refractivity contribution in [2.75, 3.05) is 29.9 Å². The maximum Gasteiger partial charge on any atom is 0.309 e. The lowest BCUT2D eigenvalue weighted by atomic mass is 9.96. The van der Waals surface area contributed by atoms with Gasteiger partial charge in [-0.05, 0) is 31.9 Å². The van der Waals surface area contributed by atoms with Gasteiger partial charge in [0.15, 0.2) is 4.47 Å². The van der Waals surface area contributed by atoms with Crippen LogP contribution in [0.25, 0.3) is 0 Å². The minimum atomic E-state index is -0.300. The fraction of sp³-hybridized carbons (Fsp3) is 0.444. The summed E-state index contributed by atoms with van der Waals surface area (Å²) in [5, 5.41) is 3.17. The van der Waals surface area contributed by atoms with Crippen LogP contribution in [0.5, 0.6) is 0 Å². The summed E-state index contributed by atoms with van der Waals surface area (Å²) >= 11 is 7.21. The predicted molar refractivity (Wildman–Crippen MR) is 102 cm³/mol. The third-order valence-electron chi connectivity index (χ3n) is 4.41. The van der Waals surface area contributed by atoms with Crippen LogP contribution in [0.3, 0.4) is 0 Å². The number of nitrogens with one attached hydrogen (secondary N) is 1. The molecule has 2 aromatic rings. The van der Waals surface area contributed by atoms with E-state index in [1.807, 2.05) is 13.0 Å². The molecule has 0 spiro atoms. The number of halogens is 2. The van der Waals surface area contributed by atoms with E-state index in [2.05, 4.69) is 15.2 Å². The predicted octanol–water partition coefficient (Wildman–Crippen LogP) is 4.33. The highest BCUT2D eigenvalue weighted by molar-refractivity contribution is 7.15. The van der Waals surface area contributed by atoms with Crippen LogP contribution in [0, 0.1) is 11.7 Å². The van der Waals surface area contributed by atoms with E-state index < -0.39 is 0 Å². The molecule has 0 bridgehead atoms. The largest absolute Gasteiger partial charge is 0.466 e. The first kappa shape index (κ1) is 18.9. The van der Waals surface area contributed by atoms with Gasteiger partial charge in [-0.15, -0.1) is 11.3 Å². The molecule has 0 amide bonds. The minimum absolute atomic E-state index is 0.0736. The second-order valence-corrected chi connectivity index (χ2v) is 7.78. The molecule has 1 aromatic heterocycles. The number of esters is 1.